The Bertz CT molecular complexity index is 1330. The van der Waals surface area contributed by atoms with Crippen molar-refractivity contribution in [2.75, 3.05) is 5.32 Å². The minimum Gasteiger partial charge on any atom is -0.325 e. The Kier molecular flexibility index (Phi) is 5.17. The molecular formula is C21H16FN5O3. The molecule has 0 aliphatic heterocycles. The molecule has 4 aromatic rings. The number of halogens is 1. The molecule has 0 radical (unpaired) electrons. The van der Waals surface area contributed by atoms with Crippen molar-refractivity contribution in [1.29, 1.82) is 0 Å². The summed E-state index contributed by atoms with van der Waals surface area (Å²) in [6.45, 7) is -0.318. The maximum Gasteiger partial charge on any atom is 0.332 e. The van der Waals surface area contributed by atoms with Crippen molar-refractivity contribution in [2.24, 2.45) is 0 Å². The highest BCUT2D eigenvalue weighted by Gasteiger charge is 2.16. The molecule has 1 N–H and O–H groups in total. The van der Waals surface area contributed by atoms with Crippen molar-refractivity contribution in [1.82, 2.24) is 19.1 Å². The first-order chi connectivity index (χ1) is 14.5. The number of hydrogen-bond donors (Lipinski definition) is 1. The van der Waals surface area contributed by atoms with Gasteiger partial charge < -0.3 is 5.32 Å². The van der Waals surface area contributed by atoms with E-state index in [0.29, 0.717) is 11.3 Å². The Hall–Kier alpha value is -4.14. The van der Waals surface area contributed by atoms with Crippen LogP contribution in [0.2, 0.25) is 0 Å². The molecule has 0 unspecified atom stereocenters. The minimum absolute atomic E-state index is 0.0201. The van der Waals surface area contributed by atoms with Crippen molar-refractivity contribution in [3.05, 3.63) is 99.3 Å². The molecule has 0 bridgehead atoms. The third-order valence-corrected chi connectivity index (χ3v) is 4.51. The van der Waals surface area contributed by atoms with Crippen molar-refractivity contribution in [2.45, 2.75) is 13.1 Å². The number of fused-ring (bicyclic) bond motifs is 1. The molecule has 3 aromatic heterocycles. The van der Waals surface area contributed by atoms with E-state index in [9.17, 15) is 18.8 Å². The number of nitrogens with zero attached hydrogens (tertiary/aromatic N) is 4. The van der Waals surface area contributed by atoms with E-state index in [1.54, 1.807) is 36.7 Å². The molecule has 4 rings (SSSR count). The average molecular weight is 405 g/mol. The second-order valence-corrected chi connectivity index (χ2v) is 6.54. The third kappa shape index (κ3) is 3.86. The van der Waals surface area contributed by atoms with Gasteiger partial charge in [0.05, 0.1) is 12.1 Å². The summed E-state index contributed by atoms with van der Waals surface area (Å²) in [6.07, 6.45) is 4.58. The van der Waals surface area contributed by atoms with Crippen LogP contribution in [0.1, 0.15) is 5.56 Å². The third-order valence-electron chi connectivity index (χ3n) is 4.51. The van der Waals surface area contributed by atoms with Gasteiger partial charge in [0, 0.05) is 24.3 Å². The normalized spacial score (nSPS) is 10.8. The Balaban J connectivity index is 1.74. The molecule has 30 heavy (non-hydrogen) atoms. The quantitative estimate of drug-likeness (QED) is 0.546. The lowest BCUT2D eigenvalue weighted by molar-refractivity contribution is -0.116. The highest BCUT2D eigenvalue weighted by molar-refractivity contribution is 5.91. The van der Waals surface area contributed by atoms with Crippen LogP contribution in [0.25, 0.3) is 11.0 Å². The molecule has 0 atom stereocenters. The summed E-state index contributed by atoms with van der Waals surface area (Å²) in [4.78, 5) is 46.5. The molecule has 0 saturated carbocycles. The van der Waals surface area contributed by atoms with Crippen LogP contribution in [0, 0.1) is 5.82 Å². The van der Waals surface area contributed by atoms with Gasteiger partial charge >= 0.3 is 5.69 Å². The van der Waals surface area contributed by atoms with Crippen LogP contribution in [0.3, 0.4) is 0 Å². The highest BCUT2D eigenvalue weighted by atomic mass is 19.1. The maximum atomic E-state index is 13.1. The molecule has 0 aliphatic carbocycles. The second-order valence-electron chi connectivity index (χ2n) is 6.54. The molecule has 0 saturated heterocycles. The van der Waals surface area contributed by atoms with Crippen LogP contribution in [0.15, 0.2) is 76.7 Å². The Morgan fingerprint density at radius 1 is 0.967 bits per heavy atom. The van der Waals surface area contributed by atoms with Gasteiger partial charge in [-0.3, -0.25) is 23.7 Å². The van der Waals surface area contributed by atoms with Crippen molar-refractivity contribution >= 4 is 22.6 Å². The van der Waals surface area contributed by atoms with Crippen molar-refractivity contribution in [3.8, 4) is 0 Å². The first kappa shape index (κ1) is 19.2. The van der Waals surface area contributed by atoms with E-state index < -0.39 is 23.0 Å². The molecule has 0 aliphatic rings. The van der Waals surface area contributed by atoms with Crippen LogP contribution in [-0.4, -0.2) is 25.0 Å². The topological polar surface area (TPSA) is 98.9 Å². The number of amides is 1. The zero-order valence-corrected chi connectivity index (χ0v) is 15.7. The number of pyridine rings is 2. The summed E-state index contributed by atoms with van der Waals surface area (Å²) in [5.41, 5.74) is 0.270. The Morgan fingerprint density at radius 2 is 1.70 bits per heavy atom. The van der Waals surface area contributed by atoms with E-state index in [1.807, 2.05) is 0 Å². The lowest BCUT2D eigenvalue weighted by atomic mass is 10.2. The number of anilines is 1. The first-order valence-electron chi connectivity index (χ1n) is 9.05. The summed E-state index contributed by atoms with van der Waals surface area (Å²) in [7, 11) is 0. The number of carbonyl (C=O) groups is 1. The summed E-state index contributed by atoms with van der Waals surface area (Å²) in [5, 5.41) is 2.61. The van der Waals surface area contributed by atoms with Crippen LogP contribution in [-0.2, 0) is 17.9 Å². The van der Waals surface area contributed by atoms with Gasteiger partial charge in [-0.25, -0.2) is 14.2 Å². The highest BCUT2D eigenvalue weighted by Crippen LogP contribution is 2.10. The molecule has 8 nitrogen and oxygen atoms in total. The molecule has 0 fully saturated rings. The molecule has 9 heteroatoms. The Morgan fingerprint density at radius 3 is 2.43 bits per heavy atom. The standard InChI is InChI=1S/C21H16FN5O3/c22-15-3-5-16(6-4-15)25-18(28)13-26-17-2-1-9-24-19(17)20(29)27(21(26)30)12-14-7-10-23-11-8-14/h1-11H,12-13H2,(H,25,28). The monoisotopic (exact) mass is 405 g/mol. The molecule has 150 valence electrons. The molecule has 1 aromatic carbocycles. The number of aromatic nitrogens is 4. The fourth-order valence-corrected chi connectivity index (χ4v) is 3.08. The largest absolute Gasteiger partial charge is 0.332 e. The number of benzene rings is 1. The van der Waals surface area contributed by atoms with E-state index in [4.69, 9.17) is 0 Å². The zero-order valence-electron chi connectivity index (χ0n) is 15.7. The molecule has 0 spiro atoms. The van der Waals surface area contributed by atoms with E-state index in [1.165, 1.54) is 35.0 Å². The van der Waals surface area contributed by atoms with Gasteiger partial charge in [0.2, 0.25) is 5.91 Å². The van der Waals surface area contributed by atoms with Crippen molar-refractivity contribution < 1.29 is 9.18 Å². The lowest BCUT2D eigenvalue weighted by Crippen LogP contribution is -2.42. The van der Waals surface area contributed by atoms with Crippen LogP contribution >= 0.6 is 0 Å². The predicted molar refractivity (Wildman–Crippen MR) is 109 cm³/mol. The number of nitrogens with one attached hydrogen (secondary N) is 1. The summed E-state index contributed by atoms with van der Waals surface area (Å²) in [6, 6.07) is 11.8. The van der Waals surface area contributed by atoms with Gasteiger partial charge in [0.15, 0.2) is 5.52 Å². The molecule has 1 amide bonds. The molecule has 3 heterocycles. The maximum absolute atomic E-state index is 13.1. The van der Waals surface area contributed by atoms with E-state index in [-0.39, 0.29) is 24.1 Å². The van der Waals surface area contributed by atoms with E-state index in [2.05, 4.69) is 15.3 Å². The van der Waals surface area contributed by atoms with Gasteiger partial charge in [-0.1, -0.05) is 0 Å². The van der Waals surface area contributed by atoms with Crippen molar-refractivity contribution in [3.63, 3.8) is 0 Å². The fourth-order valence-electron chi connectivity index (χ4n) is 3.08. The van der Waals surface area contributed by atoms with Crippen LogP contribution < -0.4 is 16.6 Å². The number of carbonyl (C=O) groups excluding carboxylic acids is 1. The molecular weight excluding hydrogens is 389 g/mol. The lowest BCUT2D eigenvalue weighted by Gasteiger charge is -2.14. The van der Waals surface area contributed by atoms with Gasteiger partial charge in [0.1, 0.15) is 12.4 Å². The predicted octanol–water partition coefficient (Wildman–Crippen LogP) is 1.78. The average Bonchev–Trinajstić information content (AvgIpc) is 2.76. The number of hydrogen-bond acceptors (Lipinski definition) is 5. The second kappa shape index (κ2) is 8.08. The zero-order chi connectivity index (χ0) is 21.1. The van der Waals surface area contributed by atoms with E-state index >= 15 is 0 Å². The van der Waals surface area contributed by atoms with Gasteiger partial charge in [-0.2, -0.15) is 0 Å². The van der Waals surface area contributed by atoms with Crippen LogP contribution in [0.5, 0.6) is 0 Å². The fraction of sp³-hybridized carbons (Fsp3) is 0.0952. The first-order valence-corrected chi connectivity index (χ1v) is 9.05. The minimum atomic E-state index is -0.633. The summed E-state index contributed by atoms with van der Waals surface area (Å²) >= 11 is 0. The van der Waals surface area contributed by atoms with Gasteiger partial charge in [-0.15, -0.1) is 0 Å². The van der Waals surface area contributed by atoms with Gasteiger partial charge in [0.25, 0.3) is 5.56 Å². The smallest absolute Gasteiger partial charge is 0.325 e. The Labute approximate surface area is 169 Å². The van der Waals surface area contributed by atoms with Gasteiger partial charge in [-0.05, 0) is 54.1 Å². The summed E-state index contributed by atoms with van der Waals surface area (Å²) < 4.78 is 15.3. The van der Waals surface area contributed by atoms with E-state index in [0.717, 1.165) is 4.57 Å². The van der Waals surface area contributed by atoms with Crippen LogP contribution in [0.4, 0.5) is 10.1 Å². The SMILES string of the molecule is O=C(Cn1c(=O)n(Cc2ccncc2)c(=O)c2ncccc21)Nc1ccc(F)cc1. The number of rotatable bonds is 5. The summed E-state index contributed by atoms with van der Waals surface area (Å²) in [5.74, 6) is -0.924.